The molecule has 1 heterocycles. The molecule has 0 saturated carbocycles. The van der Waals surface area contributed by atoms with Crippen molar-refractivity contribution in [3.8, 4) is 0 Å². The topological polar surface area (TPSA) is 84.0 Å². The molecule has 0 spiro atoms. The maximum absolute atomic E-state index is 12.0. The van der Waals surface area contributed by atoms with E-state index in [-0.39, 0.29) is 11.7 Å². The smallest absolute Gasteiger partial charge is 0.257 e. The summed E-state index contributed by atoms with van der Waals surface area (Å²) in [5.41, 5.74) is 3.81. The van der Waals surface area contributed by atoms with Gasteiger partial charge in [-0.1, -0.05) is 47.4 Å². The second kappa shape index (κ2) is 8.79. The third-order valence-corrected chi connectivity index (χ3v) is 5.75. The highest BCUT2D eigenvalue weighted by Gasteiger charge is 2.12. The zero-order valence-corrected chi connectivity index (χ0v) is 16.5. The summed E-state index contributed by atoms with van der Waals surface area (Å²) < 4.78 is 0.656. The van der Waals surface area contributed by atoms with Gasteiger partial charge in [0.15, 0.2) is 4.34 Å². The number of nitrogens with one attached hydrogen (secondary N) is 2. The van der Waals surface area contributed by atoms with Crippen LogP contribution in [0.15, 0.2) is 52.9 Å². The Hall–Kier alpha value is -2.71. The van der Waals surface area contributed by atoms with Crippen molar-refractivity contribution in [1.29, 1.82) is 0 Å². The number of hydrogen-bond donors (Lipinski definition) is 2. The van der Waals surface area contributed by atoms with Crippen LogP contribution in [0.2, 0.25) is 0 Å². The van der Waals surface area contributed by atoms with E-state index in [4.69, 9.17) is 0 Å². The van der Waals surface area contributed by atoms with Crippen molar-refractivity contribution in [1.82, 2.24) is 15.5 Å². The van der Waals surface area contributed by atoms with Crippen molar-refractivity contribution in [2.24, 2.45) is 0 Å². The Balaban J connectivity index is 1.51. The number of anilines is 2. The fraction of sp³-hybridized carbons (Fsp3) is 0.158. The number of nitrogens with zero attached hydrogens (tertiary/aromatic N) is 2. The molecule has 0 radical (unpaired) electrons. The molecule has 2 aromatic carbocycles. The van der Waals surface area contributed by atoms with Crippen LogP contribution in [0.3, 0.4) is 0 Å². The summed E-state index contributed by atoms with van der Waals surface area (Å²) in [4.78, 5) is 23.9. The van der Waals surface area contributed by atoms with Gasteiger partial charge in [-0.05, 0) is 49.2 Å². The third-order valence-electron chi connectivity index (χ3n) is 3.78. The largest absolute Gasteiger partial charge is 0.330 e. The molecule has 0 atom stereocenters. The van der Waals surface area contributed by atoms with Crippen LogP contribution in [0.5, 0.6) is 0 Å². The molecule has 6 nitrogen and oxygen atoms in total. The van der Waals surface area contributed by atoms with Gasteiger partial charge in [0.1, 0.15) is 0 Å². The number of thioether (sulfide) groups is 1. The molecule has 138 valence electrons. The standard InChI is InChI=1S/C19H18N4O2S2/c1-12-8-9-15(10-13(12)2)20-18-22-23-19(27-18)26-11-16(24)21-17(25)14-6-4-3-5-7-14/h3-10H,11H2,1-2H3,(H,20,22)(H,21,24,25). The fourth-order valence-corrected chi connectivity index (χ4v) is 3.79. The van der Waals surface area contributed by atoms with Gasteiger partial charge < -0.3 is 5.32 Å². The lowest BCUT2D eigenvalue weighted by molar-refractivity contribution is -0.117. The van der Waals surface area contributed by atoms with Gasteiger partial charge in [0.05, 0.1) is 5.75 Å². The quantitative estimate of drug-likeness (QED) is 0.612. The lowest BCUT2D eigenvalue weighted by atomic mass is 10.1. The van der Waals surface area contributed by atoms with Crippen LogP contribution in [0.4, 0.5) is 10.8 Å². The van der Waals surface area contributed by atoms with Crippen LogP contribution >= 0.6 is 23.1 Å². The van der Waals surface area contributed by atoms with Gasteiger partial charge in [-0.2, -0.15) is 0 Å². The third kappa shape index (κ3) is 5.38. The Bertz CT molecular complexity index is 957. The van der Waals surface area contributed by atoms with E-state index in [1.165, 1.54) is 34.2 Å². The molecule has 2 amide bonds. The number of benzene rings is 2. The van der Waals surface area contributed by atoms with E-state index in [1.807, 2.05) is 24.3 Å². The van der Waals surface area contributed by atoms with Crippen LogP contribution in [0, 0.1) is 13.8 Å². The first-order chi connectivity index (χ1) is 13.0. The lowest BCUT2D eigenvalue weighted by Crippen LogP contribution is -2.31. The van der Waals surface area contributed by atoms with Crippen LogP contribution in [-0.2, 0) is 4.79 Å². The van der Waals surface area contributed by atoms with Crippen LogP contribution in [-0.4, -0.2) is 27.8 Å². The van der Waals surface area contributed by atoms with Gasteiger partial charge in [0, 0.05) is 11.3 Å². The summed E-state index contributed by atoms with van der Waals surface area (Å²) in [6, 6.07) is 14.7. The van der Waals surface area contributed by atoms with Crippen LogP contribution in [0.1, 0.15) is 21.5 Å². The molecule has 27 heavy (non-hydrogen) atoms. The molecule has 0 aliphatic carbocycles. The second-order valence-electron chi connectivity index (χ2n) is 5.83. The molecule has 0 fully saturated rings. The zero-order valence-electron chi connectivity index (χ0n) is 14.9. The molecule has 0 saturated heterocycles. The Labute approximate surface area is 165 Å². The predicted molar refractivity (Wildman–Crippen MR) is 109 cm³/mol. The Morgan fingerprint density at radius 2 is 1.81 bits per heavy atom. The molecule has 2 N–H and O–H groups in total. The first-order valence-electron chi connectivity index (χ1n) is 8.21. The summed E-state index contributed by atoms with van der Waals surface area (Å²) in [6.07, 6.45) is 0. The highest BCUT2D eigenvalue weighted by molar-refractivity contribution is 8.01. The number of aromatic nitrogens is 2. The SMILES string of the molecule is Cc1ccc(Nc2nnc(SCC(=O)NC(=O)c3ccccc3)s2)cc1C. The fourth-order valence-electron chi connectivity index (χ4n) is 2.21. The molecule has 0 bridgehead atoms. The molecule has 0 aliphatic rings. The number of aryl methyl sites for hydroxylation is 2. The van der Waals surface area contributed by atoms with Crippen molar-refractivity contribution >= 4 is 45.7 Å². The number of rotatable bonds is 6. The second-order valence-corrected chi connectivity index (χ2v) is 8.03. The highest BCUT2D eigenvalue weighted by Crippen LogP contribution is 2.28. The van der Waals surface area contributed by atoms with Crippen molar-refractivity contribution < 1.29 is 9.59 Å². The van der Waals surface area contributed by atoms with Crippen molar-refractivity contribution in [3.63, 3.8) is 0 Å². The summed E-state index contributed by atoms with van der Waals surface area (Å²) in [5.74, 6) is -0.681. The van der Waals surface area contributed by atoms with E-state index in [0.29, 0.717) is 15.0 Å². The minimum absolute atomic E-state index is 0.0941. The van der Waals surface area contributed by atoms with E-state index in [1.54, 1.807) is 24.3 Å². The van der Waals surface area contributed by atoms with Gasteiger partial charge >= 0.3 is 0 Å². The van der Waals surface area contributed by atoms with Crippen LogP contribution in [0.25, 0.3) is 0 Å². The van der Waals surface area contributed by atoms with Crippen molar-refractivity contribution in [2.45, 2.75) is 18.2 Å². The molecule has 3 rings (SSSR count). The summed E-state index contributed by atoms with van der Waals surface area (Å²) in [7, 11) is 0. The summed E-state index contributed by atoms with van der Waals surface area (Å²) in [5, 5.41) is 14.4. The van der Waals surface area contributed by atoms with Gasteiger partial charge in [-0.3, -0.25) is 14.9 Å². The molecule has 3 aromatic rings. The predicted octanol–water partition coefficient (Wildman–Crippen LogP) is 3.95. The summed E-state index contributed by atoms with van der Waals surface area (Å²) in [6.45, 7) is 4.11. The molecular weight excluding hydrogens is 380 g/mol. The van der Waals surface area contributed by atoms with E-state index in [2.05, 4.69) is 34.7 Å². The Morgan fingerprint density at radius 1 is 1.04 bits per heavy atom. The van der Waals surface area contributed by atoms with E-state index < -0.39 is 5.91 Å². The first-order valence-corrected chi connectivity index (χ1v) is 10.0. The minimum atomic E-state index is -0.407. The monoisotopic (exact) mass is 398 g/mol. The first kappa shape index (κ1) is 19.1. The zero-order chi connectivity index (χ0) is 19.2. The van der Waals surface area contributed by atoms with Gasteiger partial charge in [0.2, 0.25) is 11.0 Å². The Kier molecular flexibility index (Phi) is 6.20. The number of carbonyl (C=O) groups excluding carboxylic acids is 2. The average molecular weight is 399 g/mol. The lowest BCUT2D eigenvalue weighted by Gasteiger charge is -2.05. The van der Waals surface area contributed by atoms with E-state index in [0.717, 1.165) is 5.69 Å². The molecule has 0 unspecified atom stereocenters. The minimum Gasteiger partial charge on any atom is -0.330 e. The van der Waals surface area contributed by atoms with Gasteiger partial charge in [0.25, 0.3) is 5.91 Å². The number of imide groups is 1. The molecule has 1 aromatic heterocycles. The van der Waals surface area contributed by atoms with Crippen LogP contribution < -0.4 is 10.6 Å². The molecule has 0 aliphatic heterocycles. The molecular formula is C19H18N4O2S2. The molecule has 8 heteroatoms. The van der Waals surface area contributed by atoms with Gasteiger partial charge in [-0.25, -0.2) is 0 Å². The number of carbonyl (C=O) groups is 2. The van der Waals surface area contributed by atoms with Crippen molar-refractivity contribution in [2.75, 3.05) is 11.1 Å². The maximum Gasteiger partial charge on any atom is 0.257 e. The summed E-state index contributed by atoms with van der Waals surface area (Å²) >= 11 is 2.60. The average Bonchev–Trinajstić information content (AvgIpc) is 3.11. The number of amides is 2. The van der Waals surface area contributed by atoms with E-state index >= 15 is 0 Å². The highest BCUT2D eigenvalue weighted by atomic mass is 32.2. The number of hydrogen-bond acceptors (Lipinski definition) is 7. The van der Waals surface area contributed by atoms with Gasteiger partial charge in [-0.15, -0.1) is 10.2 Å². The normalized spacial score (nSPS) is 10.4. The van der Waals surface area contributed by atoms with Crippen molar-refractivity contribution in [3.05, 3.63) is 65.2 Å². The maximum atomic E-state index is 12.0. The Morgan fingerprint density at radius 3 is 2.56 bits per heavy atom. The van der Waals surface area contributed by atoms with E-state index in [9.17, 15) is 9.59 Å².